The predicted molar refractivity (Wildman–Crippen MR) is 52.9 cm³/mol. The molecule has 6 heteroatoms. The average Bonchev–Trinajstić information content (AvgIpc) is 2.07. The highest BCUT2D eigenvalue weighted by molar-refractivity contribution is 6.32. The topological polar surface area (TPSA) is 26.3 Å². The SMILES string of the molecule is CC(=O)c1cc(OC(F)(F)F)cc(Cl)c1C. The van der Waals surface area contributed by atoms with Gasteiger partial charge in [-0.05, 0) is 31.5 Å². The molecule has 0 aliphatic heterocycles. The standard InChI is InChI=1S/C10H8ClF3O2/c1-5-8(6(2)15)3-7(4-9(5)11)16-10(12,13)14/h3-4H,1-2H3. The van der Waals surface area contributed by atoms with Crippen LogP contribution in [0.1, 0.15) is 22.8 Å². The average molecular weight is 253 g/mol. The lowest BCUT2D eigenvalue weighted by atomic mass is 10.1. The Bertz CT molecular complexity index is 427. The molecule has 0 heterocycles. The Morgan fingerprint density at radius 3 is 2.38 bits per heavy atom. The summed E-state index contributed by atoms with van der Waals surface area (Å²) in [5.41, 5.74) is 0.551. The molecule has 1 rings (SSSR count). The van der Waals surface area contributed by atoms with Crippen molar-refractivity contribution in [2.75, 3.05) is 0 Å². The van der Waals surface area contributed by atoms with Crippen LogP contribution < -0.4 is 4.74 Å². The van der Waals surface area contributed by atoms with Crippen molar-refractivity contribution in [3.63, 3.8) is 0 Å². The molecular formula is C10H8ClF3O2. The van der Waals surface area contributed by atoms with Gasteiger partial charge in [0.05, 0.1) is 0 Å². The van der Waals surface area contributed by atoms with Crippen LogP contribution in [0.4, 0.5) is 13.2 Å². The van der Waals surface area contributed by atoms with E-state index in [4.69, 9.17) is 11.6 Å². The highest BCUT2D eigenvalue weighted by atomic mass is 35.5. The van der Waals surface area contributed by atoms with Crippen LogP contribution >= 0.6 is 11.6 Å². The maximum atomic E-state index is 12.0. The van der Waals surface area contributed by atoms with Gasteiger partial charge in [0.15, 0.2) is 5.78 Å². The highest BCUT2D eigenvalue weighted by Gasteiger charge is 2.31. The van der Waals surface area contributed by atoms with E-state index in [1.165, 1.54) is 6.92 Å². The summed E-state index contributed by atoms with van der Waals surface area (Å²) in [6, 6.07) is 2.05. The summed E-state index contributed by atoms with van der Waals surface area (Å²) in [6.07, 6.45) is -4.80. The molecule has 0 saturated carbocycles. The minimum absolute atomic E-state index is 0.0620. The van der Waals surface area contributed by atoms with Gasteiger partial charge in [-0.3, -0.25) is 4.79 Å². The lowest BCUT2D eigenvalue weighted by molar-refractivity contribution is -0.274. The summed E-state index contributed by atoms with van der Waals surface area (Å²) in [6.45, 7) is 2.80. The molecule has 0 fully saturated rings. The molecule has 2 nitrogen and oxygen atoms in total. The van der Waals surface area contributed by atoms with Gasteiger partial charge < -0.3 is 4.74 Å². The Balaban J connectivity index is 3.19. The summed E-state index contributed by atoms with van der Waals surface area (Å²) >= 11 is 5.69. The van der Waals surface area contributed by atoms with Crippen molar-refractivity contribution in [3.8, 4) is 5.75 Å². The first-order chi connectivity index (χ1) is 7.20. The van der Waals surface area contributed by atoms with Crippen molar-refractivity contribution in [3.05, 3.63) is 28.3 Å². The third kappa shape index (κ3) is 3.13. The zero-order valence-corrected chi connectivity index (χ0v) is 9.24. The summed E-state index contributed by atoms with van der Waals surface area (Å²) in [7, 11) is 0. The fourth-order valence-electron chi connectivity index (χ4n) is 1.21. The van der Waals surface area contributed by atoms with Crippen molar-refractivity contribution >= 4 is 17.4 Å². The molecular weight excluding hydrogens is 245 g/mol. The fraction of sp³-hybridized carbons (Fsp3) is 0.300. The second kappa shape index (κ2) is 4.33. The van der Waals surface area contributed by atoms with Gasteiger partial charge >= 0.3 is 6.36 Å². The van der Waals surface area contributed by atoms with E-state index in [9.17, 15) is 18.0 Å². The van der Waals surface area contributed by atoms with Gasteiger partial charge in [-0.1, -0.05) is 11.6 Å². The predicted octanol–water partition coefficient (Wildman–Crippen LogP) is 3.75. The summed E-state index contributed by atoms with van der Waals surface area (Å²) < 4.78 is 39.6. The molecule has 0 aliphatic rings. The van der Waals surface area contributed by atoms with Crippen molar-refractivity contribution < 1.29 is 22.7 Å². The number of ketones is 1. The van der Waals surface area contributed by atoms with Crippen LogP contribution in [0.3, 0.4) is 0 Å². The number of ether oxygens (including phenoxy) is 1. The maximum Gasteiger partial charge on any atom is 0.573 e. The molecule has 0 unspecified atom stereocenters. The molecule has 0 saturated heterocycles. The number of Topliss-reactive ketones (excluding diaryl/α,β-unsaturated/α-hetero) is 1. The third-order valence-corrected chi connectivity index (χ3v) is 2.32. The molecule has 88 valence electrons. The van der Waals surface area contributed by atoms with Gasteiger partial charge in [0.25, 0.3) is 0 Å². The van der Waals surface area contributed by atoms with Gasteiger partial charge in [-0.15, -0.1) is 13.2 Å². The summed E-state index contributed by atoms with van der Waals surface area (Å²) in [4.78, 5) is 11.1. The van der Waals surface area contributed by atoms with Gasteiger partial charge in [0.2, 0.25) is 0 Å². The van der Waals surface area contributed by atoms with Gasteiger partial charge in [0.1, 0.15) is 5.75 Å². The molecule has 0 N–H and O–H groups in total. The largest absolute Gasteiger partial charge is 0.573 e. The number of alkyl halides is 3. The van der Waals surface area contributed by atoms with Gasteiger partial charge in [0, 0.05) is 10.6 Å². The lowest BCUT2D eigenvalue weighted by Gasteiger charge is -2.12. The Morgan fingerprint density at radius 1 is 1.38 bits per heavy atom. The number of carbonyl (C=O) groups excluding carboxylic acids is 1. The van der Waals surface area contributed by atoms with Crippen molar-refractivity contribution in [1.82, 2.24) is 0 Å². The second-order valence-electron chi connectivity index (χ2n) is 3.18. The number of hydrogen-bond donors (Lipinski definition) is 0. The molecule has 0 aliphatic carbocycles. The van der Waals surface area contributed by atoms with E-state index >= 15 is 0 Å². The number of rotatable bonds is 2. The van der Waals surface area contributed by atoms with E-state index in [1.807, 2.05) is 0 Å². The summed E-state index contributed by atoms with van der Waals surface area (Å²) in [5, 5.41) is 0.0620. The number of hydrogen-bond acceptors (Lipinski definition) is 2. The zero-order valence-electron chi connectivity index (χ0n) is 8.48. The number of halogens is 4. The first kappa shape index (κ1) is 12.8. The number of carbonyl (C=O) groups is 1. The van der Waals surface area contributed by atoms with E-state index in [2.05, 4.69) is 4.74 Å². The van der Waals surface area contributed by atoms with Crippen LogP contribution in [-0.4, -0.2) is 12.1 Å². The van der Waals surface area contributed by atoms with E-state index in [1.54, 1.807) is 6.92 Å². The number of benzene rings is 1. The van der Waals surface area contributed by atoms with E-state index in [-0.39, 0.29) is 16.4 Å². The lowest BCUT2D eigenvalue weighted by Crippen LogP contribution is -2.17. The summed E-state index contributed by atoms with van der Waals surface area (Å²) in [5.74, 6) is -0.861. The minimum atomic E-state index is -4.80. The first-order valence-electron chi connectivity index (χ1n) is 4.27. The molecule has 16 heavy (non-hydrogen) atoms. The van der Waals surface area contributed by atoms with Crippen LogP contribution in [0.2, 0.25) is 5.02 Å². The van der Waals surface area contributed by atoms with Crippen LogP contribution in [0.15, 0.2) is 12.1 Å². The van der Waals surface area contributed by atoms with Crippen LogP contribution in [0, 0.1) is 6.92 Å². The molecule has 0 atom stereocenters. The smallest absolute Gasteiger partial charge is 0.406 e. The molecule has 0 spiro atoms. The van der Waals surface area contributed by atoms with Crippen LogP contribution in [-0.2, 0) is 0 Å². The third-order valence-electron chi connectivity index (χ3n) is 1.93. The molecule has 0 radical (unpaired) electrons. The molecule has 1 aromatic rings. The van der Waals surface area contributed by atoms with E-state index < -0.39 is 12.1 Å². The molecule has 1 aromatic carbocycles. The molecule has 0 bridgehead atoms. The molecule has 0 aromatic heterocycles. The highest BCUT2D eigenvalue weighted by Crippen LogP contribution is 2.30. The van der Waals surface area contributed by atoms with E-state index in [0.29, 0.717) is 5.56 Å². The maximum absolute atomic E-state index is 12.0. The minimum Gasteiger partial charge on any atom is -0.406 e. The van der Waals surface area contributed by atoms with Crippen molar-refractivity contribution in [1.29, 1.82) is 0 Å². The Kier molecular flexibility index (Phi) is 3.48. The molecule has 0 amide bonds. The second-order valence-corrected chi connectivity index (χ2v) is 3.59. The Hall–Kier alpha value is -1.23. The van der Waals surface area contributed by atoms with E-state index in [0.717, 1.165) is 12.1 Å². The Morgan fingerprint density at radius 2 is 1.94 bits per heavy atom. The first-order valence-corrected chi connectivity index (χ1v) is 4.65. The zero-order chi connectivity index (χ0) is 12.5. The van der Waals surface area contributed by atoms with Crippen LogP contribution in [0.25, 0.3) is 0 Å². The van der Waals surface area contributed by atoms with Crippen LogP contribution in [0.5, 0.6) is 5.75 Å². The quantitative estimate of drug-likeness (QED) is 0.750. The van der Waals surface area contributed by atoms with Crippen molar-refractivity contribution in [2.45, 2.75) is 20.2 Å². The Labute approximate surface area is 95.0 Å². The monoisotopic (exact) mass is 252 g/mol. The van der Waals surface area contributed by atoms with Gasteiger partial charge in [-0.2, -0.15) is 0 Å². The fourth-order valence-corrected chi connectivity index (χ4v) is 1.42. The normalized spacial score (nSPS) is 11.4. The van der Waals surface area contributed by atoms with Gasteiger partial charge in [-0.25, -0.2) is 0 Å². The van der Waals surface area contributed by atoms with Crippen molar-refractivity contribution in [2.24, 2.45) is 0 Å².